The van der Waals surface area contributed by atoms with Gasteiger partial charge in [0.1, 0.15) is 5.75 Å². The Hall–Kier alpha value is -3.28. The van der Waals surface area contributed by atoms with E-state index >= 15 is 0 Å². The lowest BCUT2D eigenvalue weighted by Crippen LogP contribution is -2.28. The van der Waals surface area contributed by atoms with Crippen molar-refractivity contribution in [1.82, 2.24) is 15.1 Å². The summed E-state index contributed by atoms with van der Waals surface area (Å²) in [7, 11) is 1.59. The van der Waals surface area contributed by atoms with Gasteiger partial charge in [-0.25, -0.2) is 9.48 Å². The molecule has 0 saturated heterocycles. The number of nitrogens with zero attached hydrogens (tertiary/aromatic N) is 2. The highest BCUT2D eigenvalue weighted by Crippen LogP contribution is 2.18. The van der Waals surface area contributed by atoms with Crippen LogP contribution >= 0.6 is 0 Å². The van der Waals surface area contributed by atoms with Gasteiger partial charge in [-0.15, -0.1) is 0 Å². The van der Waals surface area contributed by atoms with E-state index in [-0.39, 0.29) is 6.03 Å². The normalized spacial score (nSPS) is 10.4. The van der Waals surface area contributed by atoms with E-state index in [1.165, 1.54) is 0 Å². The van der Waals surface area contributed by atoms with Crippen molar-refractivity contribution in [2.75, 3.05) is 12.4 Å². The van der Waals surface area contributed by atoms with Crippen molar-refractivity contribution in [1.29, 1.82) is 0 Å². The fourth-order valence-electron chi connectivity index (χ4n) is 2.80. The molecular weight excluding hydrogens is 328 g/mol. The third-order valence-electron chi connectivity index (χ3n) is 4.20. The van der Waals surface area contributed by atoms with Gasteiger partial charge < -0.3 is 15.4 Å². The molecule has 0 fully saturated rings. The Kier molecular flexibility index (Phi) is 5.22. The number of benzene rings is 2. The molecule has 0 saturated carbocycles. The van der Waals surface area contributed by atoms with Crippen LogP contribution in [0.25, 0.3) is 5.69 Å². The number of anilines is 1. The number of para-hydroxylation sites is 1. The summed E-state index contributed by atoms with van der Waals surface area (Å²) in [5, 5.41) is 10.3. The molecule has 6 heteroatoms. The SMILES string of the molecule is COc1cccc(NC(=O)NCc2c(C)nn(-c3ccccc3)c2C)c1. The zero-order chi connectivity index (χ0) is 18.5. The number of rotatable bonds is 5. The minimum atomic E-state index is -0.274. The van der Waals surface area contributed by atoms with Gasteiger partial charge in [-0.3, -0.25) is 0 Å². The van der Waals surface area contributed by atoms with Gasteiger partial charge in [-0.1, -0.05) is 24.3 Å². The fraction of sp³-hybridized carbons (Fsp3) is 0.200. The fourth-order valence-corrected chi connectivity index (χ4v) is 2.80. The Balaban J connectivity index is 1.68. The number of aromatic nitrogens is 2. The van der Waals surface area contributed by atoms with Crippen LogP contribution in [0, 0.1) is 13.8 Å². The Labute approximate surface area is 152 Å². The highest BCUT2D eigenvalue weighted by atomic mass is 16.5. The maximum Gasteiger partial charge on any atom is 0.319 e. The molecule has 0 unspecified atom stereocenters. The van der Waals surface area contributed by atoms with Crippen LogP contribution in [0.1, 0.15) is 17.0 Å². The summed E-state index contributed by atoms with van der Waals surface area (Å²) in [6, 6.07) is 16.9. The average Bonchev–Trinajstić information content (AvgIpc) is 2.95. The Morgan fingerprint density at radius 2 is 1.88 bits per heavy atom. The van der Waals surface area contributed by atoms with E-state index in [4.69, 9.17) is 4.74 Å². The van der Waals surface area contributed by atoms with Gasteiger partial charge >= 0.3 is 6.03 Å². The molecule has 3 rings (SSSR count). The van der Waals surface area contributed by atoms with E-state index in [0.29, 0.717) is 18.0 Å². The number of hydrogen-bond acceptors (Lipinski definition) is 3. The van der Waals surface area contributed by atoms with Gasteiger partial charge in [0.2, 0.25) is 0 Å². The van der Waals surface area contributed by atoms with Crippen molar-refractivity contribution in [3.05, 3.63) is 71.5 Å². The van der Waals surface area contributed by atoms with Gasteiger partial charge in [0.15, 0.2) is 0 Å². The highest BCUT2D eigenvalue weighted by Gasteiger charge is 2.13. The van der Waals surface area contributed by atoms with Crippen LogP contribution in [0.4, 0.5) is 10.5 Å². The van der Waals surface area contributed by atoms with Gasteiger partial charge in [-0.2, -0.15) is 5.10 Å². The number of amides is 2. The quantitative estimate of drug-likeness (QED) is 0.735. The molecule has 2 amide bonds. The predicted molar refractivity (Wildman–Crippen MR) is 102 cm³/mol. The van der Waals surface area contributed by atoms with E-state index in [0.717, 1.165) is 22.6 Å². The second-order valence-corrected chi connectivity index (χ2v) is 5.94. The monoisotopic (exact) mass is 350 g/mol. The Morgan fingerprint density at radius 1 is 1.12 bits per heavy atom. The topological polar surface area (TPSA) is 68.2 Å². The summed E-state index contributed by atoms with van der Waals surface area (Å²) in [5.41, 5.74) is 4.59. The Morgan fingerprint density at radius 3 is 2.62 bits per heavy atom. The lowest BCUT2D eigenvalue weighted by atomic mass is 10.2. The van der Waals surface area contributed by atoms with Crippen molar-refractivity contribution >= 4 is 11.7 Å². The van der Waals surface area contributed by atoms with Crippen LogP contribution < -0.4 is 15.4 Å². The largest absolute Gasteiger partial charge is 0.497 e. The molecule has 1 aromatic heterocycles. The molecule has 26 heavy (non-hydrogen) atoms. The summed E-state index contributed by atoms with van der Waals surface area (Å²) in [6.45, 7) is 4.35. The van der Waals surface area contributed by atoms with E-state index in [1.54, 1.807) is 13.2 Å². The van der Waals surface area contributed by atoms with Crippen LogP contribution in [0.3, 0.4) is 0 Å². The third kappa shape index (κ3) is 3.85. The maximum atomic E-state index is 12.2. The second kappa shape index (κ2) is 7.74. The molecule has 0 radical (unpaired) electrons. The molecule has 0 aliphatic heterocycles. The first-order chi connectivity index (χ1) is 12.6. The average molecular weight is 350 g/mol. The van der Waals surface area contributed by atoms with E-state index in [2.05, 4.69) is 15.7 Å². The number of urea groups is 1. The zero-order valence-electron chi connectivity index (χ0n) is 15.1. The lowest BCUT2D eigenvalue weighted by Gasteiger charge is -2.09. The minimum absolute atomic E-state index is 0.274. The van der Waals surface area contributed by atoms with E-state index in [9.17, 15) is 4.79 Å². The van der Waals surface area contributed by atoms with Crippen LogP contribution in [-0.4, -0.2) is 22.9 Å². The number of hydrogen-bond donors (Lipinski definition) is 2. The number of carbonyl (C=O) groups is 1. The maximum absolute atomic E-state index is 12.2. The van der Waals surface area contributed by atoms with Gasteiger partial charge in [0, 0.05) is 29.6 Å². The lowest BCUT2D eigenvalue weighted by molar-refractivity contribution is 0.251. The molecule has 2 aromatic carbocycles. The van der Waals surface area contributed by atoms with Crippen molar-refractivity contribution in [3.8, 4) is 11.4 Å². The molecule has 2 N–H and O–H groups in total. The summed E-state index contributed by atoms with van der Waals surface area (Å²) in [5.74, 6) is 0.693. The number of methoxy groups -OCH3 is 1. The standard InChI is InChI=1S/C20H22N4O2/c1-14-19(15(2)24(23-14)17-9-5-4-6-10-17)13-21-20(25)22-16-8-7-11-18(12-16)26-3/h4-12H,13H2,1-3H3,(H2,21,22,25). The number of ether oxygens (including phenoxy) is 1. The highest BCUT2D eigenvalue weighted by molar-refractivity contribution is 5.89. The molecule has 1 heterocycles. The van der Waals surface area contributed by atoms with Crippen LogP contribution in [0.2, 0.25) is 0 Å². The van der Waals surface area contributed by atoms with Gasteiger partial charge in [0.25, 0.3) is 0 Å². The van der Waals surface area contributed by atoms with Crippen molar-refractivity contribution < 1.29 is 9.53 Å². The van der Waals surface area contributed by atoms with Crippen LogP contribution in [0.5, 0.6) is 5.75 Å². The molecule has 0 aliphatic rings. The van der Waals surface area contributed by atoms with Crippen LogP contribution in [0.15, 0.2) is 54.6 Å². The van der Waals surface area contributed by atoms with Gasteiger partial charge in [-0.05, 0) is 38.1 Å². The van der Waals surface area contributed by atoms with Crippen molar-refractivity contribution in [2.45, 2.75) is 20.4 Å². The summed E-state index contributed by atoms with van der Waals surface area (Å²) < 4.78 is 7.05. The zero-order valence-corrected chi connectivity index (χ0v) is 15.1. The number of nitrogens with one attached hydrogen (secondary N) is 2. The first kappa shape index (κ1) is 17.5. The molecule has 0 atom stereocenters. The van der Waals surface area contributed by atoms with Crippen molar-refractivity contribution in [2.24, 2.45) is 0 Å². The third-order valence-corrected chi connectivity index (χ3v) is 4.20. The molecule has 0 aliphatic carbocycles. The van der Waals surface area contributed by atoms with Gasteiger partial charge in [0.05, 0.1) is 18.5 Å². The van der Waals surface area contributed by atoms with E-state index < -0.39 is 0 Å². The van der Waals surface area contributed by atoms with Crippen LogP contribution in [-0.2, 0) is 6.54 Å². The molecule has 6 nitrogen and oxygen atoms in total. The summed E-state index contributed by atoms with van der Waals surface area (Å²) in [4.78, 5) is 12.2. The molecular formula is C20H22N4O2. The number of aryl methyl sites for hydroxylation is 1. The minimum Gasteiger partial charge on any atom is -0.497 e. The molecule has 3 aromatic rings. The summed E-state index contributed by atoms with van der Waals surface area (Å²) in [6.07, 6.45) is 0. The molecule has 0 spiro atoms. The molecule has 134 valence electrons. The van der Waals surface area contributed by atoms with Crippen molar-refractivity contribution in [3.63, 3.8) is 0 Å². The van der Waals surface area contributed by atoms with E-state index in [1.807, 2.05) is 67.1 Å². The molecule has 0 bridgehead atoms. The summed E-state index contributed by atoms with van der Waals surface area (Å²) >= 11 is 0. The first-order valence-electron chi connectivity index (χ1n) is 8.38. The Bertz CT molecular complexity index is 903. The smallest absolute Gasteiger partial charge is 0.319 e. The second-order valence-electron chi connectivity index (χ2n) is 5.94. The first-order valence-corrected chi connectivity index (χ1v) is 8.38. The number of carbonyl (C=O) groups excluding carboxylic acids is 1. The predicted octanol–water partition coefficient (Wildman–Crippen LogP) is 3.82.